The molecule has 3 aromatic rings. The summed E-state index contributed by atoms with van der Waals surface area (Å²) >= 11 is 7.26. The lowest BCUT2D eigenvalue weighted by Gasteiger charge is -2.10. The molecule has 0 atom stereocenters. The lowest BCUT2D eigenvalue weighted by atomic mass is 10.3. The summed E-state index contributed by atoms with van der Waals surface area (Å²) in [6.45, 7) is 0. The van der Waals surface area contributed by atoms with E-state index in [-0.39, 0.29) is 11.7 Å². The van der Waals surface area contributed by atoms with Gasteiger partial charge in [0.15, 0.2) is 5.16 Å². The smallest absolute Gasteiger partial charge is 0.234 e. The molecule has 0 bridgehead atoms. The van der Waals surface area contributed by atoms with Crippen LogP contribution in [0.15, 0.2) is 53.9 Å². The third-order valence-electron chi connectivity index (χ3n) is 3.64. The molecule has 7 nitrogen and oxygen atoms in total. The quantitative estimate of drug-likeness (QED) is 0.605. The number of thioether (sulfide) groups is 1. The monoisotopic (exact) mass is 404 g/mol. The van der Waals surface area contributed by atoms with Gasteiger partial charge in [-0.05, 0) is 42.5 Å². The minimum Gasteiger partial charge on any atom is -0.497 e. The van der Waals surface area contributed by atoms with Crippen LogP contribution in [0, 0.1) is 0 Å². The number of anilines is 1. The minimum atomic E-state index is -0.204. The van der Waals surface area contributed by atoms with Gasteiger partial charge < -0.3 is 14.8 Å². The molecular formula is C18H17ClN4O3S. The molecule has 2 aromatic carbocycles. The third kappa shape index (κ3) is 4.72. The number of rotatable bonds is 7. The first kappa shape index (κ1) is 19.1. The highest BCUT2D eigenvalue weighted by atomic mass is 35.5. The number of methoxy groups -OCH3 is 2. The maximum Gasteiger partial charge on any atom is 0.234 e. The Morgan fingerprint density at radius 3 is 2.67 bits per heavy atom. The van der Waals surface area contributed by atoms with Gasteiger partial charge in [-0.2, -0.15) is 0 Å². The van der Waals surface area contributed by atoms with Crippen molar-refractivity contribution in [2.75, 3.05) is 25.3 Å². The normalized spacial score (nSPS) is 10.5. The summed E-state index contributed by atoms with van der Waals surface area (Å²) in [4.78, 5) is 12.3. The fourth-order valence-corrected chi connectivity index (χ4v) is 3.24. The molecule has 0 aliphatic heterocycles. The summed E-state index contributed by atoms with van der Waals surface area (Å²) in [5, 5.41) is 11.9. The average Bonchev–Trinajstić information content (AvgIpc) is 3.15. The highest BCUT2D eigenvalue weighted by Gasteiger charge is 2.12. The molecule has 0 fully saturated rings. The highest BCUT2D eigenvalue weighted by Crippen LogP contribution is 2.28. The molecule has 0 saturated heterocycles. The Morgan fingerprint density at radius 1 is 1.19 bits per heavy atom. The molecule has 140 valence electrons. The van der Waals surface area contributed by atoms with Gasteiger partial charge in [0.25, 0.3) is 0 Å². The standard InChI is InChI=1S/C18H17ClN4O3S/c1-25-14-6-4-13(5-7-14)23-11-20-22-18(23)27-10-17(24)21-15-9-12(19)3-8-16(15)26-2/h3-9,11H,10H2,1-2H3,(H,21,24). The molecule has 0 saturated carbocycles. The molecule has 0 radical (unpaired) electrons. The first-order valence-corrected chi connectivity index (χ1v) is 9.27. The van der Waals surface area contributed by atoms with Crippen LogP contribution in [0.4, 0.5) is 5.69 Å². The van der Waals surface area contributed by atoms with E-state index in [1.807, 2.05) is 24.3 Å². The van der Waals surface area contributed by atoms with E-state index in [9.17, 15) is 4.79 Å². The number of hydrogen-bond donors (Lipinski definition) is 1. The Bertz CT molecular complexity index is 931. The largest absolute Gasteiger partial charge is 0.497 e. The molecule has 27 heavy (non-hydrogen) atoms. The van der Waals surface area contributed by atoms with Crippen molar-refractivity contribution in [3.05, 3.63) is 53.8 Å². The molecule has 1 N–H and O–H groups in total. The molecule has 0 aliphatic rings. The highest BCUT2D eigenvalue weighted by molar-refractivity contribution is 7.99. The topological polar surface area (TPSA) is 78.3 Å². The van der Waals surface area contributed by atoms with Crippen molar-refractivity contribution in [1.82, 2.24) is 14.8 Å². The zero-order chi connectivity index (χ0) is 19.2. The zero-order valence-corrected chi connectivity index (χ0v) is 16.3. The molecule has 0 aliphatic carbocycles. The van der Waals surface area contributed by atoms with Crippen molar-refractivity contribution < 1.29 is 14.3 Å². The van der Waals surface area contributed by atoms with Gasteiger partial charge in [0.1, 0.15) is 17.8 Å². The van der Waals surface area contributed by atoms with Crippen molar-refractivity contribution in [3.63, 3.8) is 0 Å². The summed E-state index contributed by atoms with van der Waals surface area (Å²) in [5.41, 5.74) is 1.40. The molecule has 0 spiro atoms. The lowest BCUT2D eigenvalue weighted by molar-refractivity contribution is -0.113. The summed E-state index contributed by atoms with van der Waals surface area (Å²) in [5.74, 6) is 1.25. The van der Waals surface area contributed by atoms with E-state index < -0.39 is 0 Å². The van der Waals surface area contributed by atoms with Crippen molar-refractivity contribution in [2.45, 2.75) is 5.16 Å². The number of carbonyl (C=O) groups is 1. The molecule has 9 heteroatoms. The maximum atomic E-state index is 12.3. The number of hydrogen-bond acceptors (Lipinski definition) is 6. The van der Waals surface area contributed by atoms with Gasteiger partial charge in [-0.3, -0.25) is 9.36 Å². The summed E-state index contributed by atoms with van der Waals surface area (Å²) in [6.07, 6.45) is 1.60. The van der Waals surface area contributed by atoms with Gasteiger partial charge in [-0.1, -0.05) is 23.4 Å². The summed E-state index contributed by atoms with van der Waals surface area (Å²) in [6, 6.07) is 12.5. The predicted octanol–water partition coefficient (Wildman–Crippen LogP) is 3.67. The van der Waals surface area contributed by atoms with E-state index in [4.69, 9.17) is 21.1 Å². The SMILES string of the molecule is COc1ccc(-n2cnnc2SCC(=O)Nc2cc(Cl)ccc2OC)cc1. The van der Waals surface area contributed by atoms with Crippen molar-refractivity contribution in [2.24, 2.45) is 0 Å². The fraction of sp³-hybridized carbons (Fsp3) is 0.167. The summed E-state index contributed by atoms with van der Waals surface area (Å²) in [7, 11) is 3.15. The third-order valence-corrected chi connectivity index (χ3v) is 4.81. The predicted molar refractivity (Wildman–Crippen MR) is 105 cm³/mol. The van der Waals surface area contributed by atoms with Crippen LogP contribution in [0.5, 0.6) is 11.5 Å². The molecule has 1 aromatic heterocycles. The molecule has 3 rings (SSSR count). The van der Waals surface area contributed by atoms with Crippen molar-refractivity contribution in [1.29, 1.82) is 0 Å². The second-order valence-electron chi connectivity index (χ2n) is 5.36. The van der Waals surface area contributed by atoms with Crippen LogP contribution in [0.3, 0.4) is 0 Å². The van der Waals surface area contributed by atoms with Crippen molar-refractivity contribution >= 4 is 35.0 Å². The Hall–Kier alpha value is -2.71. The minimum absolute atomic E-state index is 0.157. The van der Waals surface area contributed by atoms with Crippen LogP contribution < -0.4 is 14.8 Å². The van der Waals surface area contributed by atoms with E-state index >= 15 is 0 Å². The number of nitrogens with one attached hydrogen (secondary N) is 1. The number of ether oxygens (including phenoxy) is 2. The Morgan fingerprint density at radius 2 is 1.96 bits per heavy atom. The second kappa shape index (κ2) is 8.79. The van der Waals surface area contributed by atoms with Gasteiger partial charge in [0.05, 0.1) is 25.7 Å². The van der Waals surface area contributed by atoms with E-state index in [1.165, 1.54) is 18.9 Å². The van der Waals surface area contributed by atoms with Gasteiger partial charge >= 0.3 is 0 Å². The number of aromatic nitrogens is 3. The number of amides is 1. The zero-order valence-electron chi connectivity index (χ0n) is 14.7. The van der Waals surface area contributed by atoms with Crippen LogP contribution in [-0.4, -0.2) is 40.6 Å². The Labute approximate surface area is 165 Å². The van der Waals surface area contributed by atoms with Crippen LogP contribution >= 0.6 is 23.4 Å². The van der Waals surface area contributed by atoms with Gasteiger partial charge in [0, 0.05) is 10.7 Å². The van der Waals surface area contributed by atoms with Crippen LogP contribution in [-0.2, 0) is 4.79 Å². The lowest BCUT2D eigenvalue weighted by Crippen LogP contribution is -2.15. The van der Waals surface area contributed by atoms with E-state index in [0.717, 1.165) is 11.4 Å². The fourth-order valence-electron chi connectivity index (χ4n) is 2.34. The van der Waals surface area contributed by atoms with Gasteiger partial charge in [0.2, 0.25) is 5.91 Å². The number of halogens is 1. The molecule has 1 amide bonds. The average molecular weight is 405 g/mol. The first-order valence-electron chi connectivity index (χ1n) is 7.91. The number of carbonyl (C=O) groups excluding carboxylic acids is 1. The molecule has 1 heterocycles. The number of benzene rings is 2. The van der Waals surface area contributed by atoms with E-state index in [2.05, 4.69) is 15.5 Å². The van der Waals surface area contributed by atoms with Crippen LogP contribution in [0.2, 0.25) is 5.02 Å². The number of nitrogens with zero attached hydrogens (tertiary/aromatic N) is 3. The summed E-state index contributed by atoms with van der Waals surface area (Å²) < 4.78 is 12.2. The Kier molecular flexibility index (Phi) is 6.20. The Balaban J connectivity index is 1.66. The van der Waals surface area contributed by atoms with E-state index in [0.29, 0.717) is 21.6 Å². The molecule has 0 unspecified atom stereocenters. The van der Waals surface area contributed by atoms with E-state index in [1.54, 1.807) is 36.2 Å². The maximum absolute atomic E-state index is 12.3. The van der Waals surface area contributed by atoms with Gasteiger partial charge in [-0.25, -0.2) is 0 Å². The molecular weight excluding hydrogens is 388 g/mol. The van der Waals surface area contributed by atoms with Crippen molar-refractivity contribution in [3.8, 4) is 17.2 Å². The van der Waals surface area contributed by atoms with Crippen LogP contribution in [0.1, 0.15) is 0 Å². The van der Waals surface area contributed by atoms with Crippen LogP contribution in [0.25, 0.3) is 5.69 Å². The first-order chi connectivity index (χ1) is 13.1. The second-order valence-corrected chi connectivity index (χ2v) is 6.74. The van der Waals surface area contributed by atoms with Gasteiger partial charge in [-0.15, -0.1) is 10.2 Å².